The number of aromatic amines is 2. The third kappa shape index (κ3) is 2.31. The van der Waals surface area contributed by atoms with E-state index in [1.165, 1.54) is 22.9 Å². The van der Waals surface area contributed by atoms with Gasteiger partial charge in [-0.2, -0.15) is 5.10 Å². The molecule has 0 saturated heterocycles. The normalized spacial score (nSPS) is 15.4. The summed E-state index contributed by atoms with van der Waals surface area (Å²) in [5, 5.41) is 8.19. The fourth-order valence-electron chi connectivity index (χ4n) is 3.42. The van der Waals surface area contributed by atoms with E-state index in [0.717, 1.165) is 49.1 Å². The van der Waals surface area contributed by atoms with Gasteiger partial charge >= 0.3 is 0 Å². The number of halogens is 1. The lowest BCUT2D eigenvalue weighted by atomic mass is 10.1. The molecule has 0 radical (unpaired) electrons. The fraction of sp³-hybridized carbons (Fsp3) is 0.353. The number of nitrogens with one attached hydrogen (secondary N) is 2. The molecular formula is C17H19FN4. The highest BCUT2D eigenvalue weighted by molar-refractivity contribution is 5.84. The molecule has 2 aromatic heterocycles. The first-order chi connectivity index (χ1) is 10.7. The molecule has 22 heavy (non-hydrogen) atoms. The molecule has 4 nitrogen and oxygen atoms in total. The Hall–Kier alpha value is -2.14. The van der Waals surface area contributed by atoms with Crippen molar-refractivity contribution >= 4 is 10.9 Å². The van der Waals surface area contributed by atoms with Gasteiger partial charge in [-0.05, 0) is 37.1 Å². The molecule has 3 aromatic rings. The zero-order valence-electron chi connectivity index (χ0n) is 12.6. The van der Waals surface area contributed by atoms with Crippen molar-refractivity contribution in [2.75, 3.05) is 13.1 Å². The van der Waals surface area contributed by atoms with Crippen molar-refractivity contribution in [1.82, 2.24) is 20.1 Å². The molecule has 0 unspecified atom stereocenters. The zero-order valence-corrected chi connectivity index (χ0v) is 12.6. The van der Waals surface area contributed by atoms with E-state index in [1.54, 1.807) is 6.07 Å². The summed E-state index contributed by atoms with van der Waals surface area (Å²) in [5.74, 6) is -0.172. The highest BCUT2D eigenvalue weighted by Gasteiger charge is 2.18. The zero-order chi connectivity index (χ0) is 15.1. The summed E-state index contributed by atoms with van der Waals surface area (Å²) in [6, 6.07) is 4.96. The Balaban J connectivity index is 1.53. The average Bonchev–Trinajstić information content (AvgIpc) is 3.08. The predicted molar refractivity (Wildman–Crippen MR) is 84.3 cm³/mol. The van der Waals surface area contributed by atoms with Gasteiger partial charge in [-0.25, -0.2) is 4.39 Å². The molecule has 2 N–H and O–H groups in total. The molecule has 1 aliphatic heterocycles. The van der Waals surface area contributed by atoms with Crippen molar-refractivity contribution in [2.45, 2.75) is 26.3 Å². The molecule has 5 heteroatoms. The van der Waals surface area contributed by atoms with E-state index >= 15 is 0 Å². The maximum atomic E-state index is 13.5. The minimum Gasteiger partial charge on any atom is -0.358 e. The van der Waals surface area contributed by atoms with Crippen LogP contribution in [0.1, 0.15) is 22.5 Å². The van der Waals surface area contributed by atoms with Crippen LogP contribution in [-0.4, -0.2) is 33.2 Å². The Labute approximate surface area is 128 Å². The molecule has 114 valence electrons. The van der Waals surface area contributed by atoms with E-state index in [4.69, 9.17) is 0 Å². The molecule has 3 heterocycles. The monoisotopic (exact) mass is 298 g/mol. The van der Waals surface area contributed by atoms with E-state index in [2.05, 4.69) is 27.0 Å². The standard InChI is InChI=1S/C17H19FN4/c1-11-14(15-8-13(18)2-3-17(15)20-11)4-6-22-7-5-16-12(10-22)9-19-21-16/h2-3,8-9,20H,4-7,10H2,1H3,(H,19,21). The molecule has 0 amide bonds. The number of nitrogens with zero attached hydrogens (tertiary/aromatic N) is 2. The van der Waals surface area contributed by atoms with Gasteiger partial charge in [0.05, 0.1) is 6.20 Å². The van der Waals surface area contributed by atoms with E-state index in [0.29, 0.717) is 0 Å². The van der Waals surface area contributed by atoms with Crippen LogP contribution in [0.2, 0.25) is 0 Å². The van der Waals surface area contributed by atoms with E-state index in [9.17, 15) is 4.39 Å². The number of aryl methyl sites for hydroxylation is 1. The number of fused-ring (bicyclic) bond motifs is 2. The minimum absolute atomic E-state index is 0.172. The van der Waals surface area contributed by atoms with Crippen LogP contribution in [0.3, 0.4) is 0 Å². The van der Waals surface area contributed by atoms with Crippen LogP contribution in [-0.2, 0) is 19.4 Å². The minimum atomic E-state index is -0.172. The van der Waals surface area contributed by atoms with Crippen molar-refractivity contribution in [3.63, 3.8) is 0 Å². The fourth-order valence-corrected chi connectivity index (χ4v) is 3.42. The first-order valence-corrected chi connectivity index (χ1v) is 7.71. The summed E-state index contributed by atoms with van der Waals surface area (Å²) in [6.45, 7) is 5.04. The van der Waals surface area contributed by atoms with E-state index in [-0.39, 0.29) is 5.82 Å². The summed E-state index contributed by atoms with van der Waals surface area (Å²) >= 11 is 0. The quantitative estimate of drug-likeness (QED) is 0.781. The van der Waals surface area contributed by atoms with Gasteiger partial charge in [0.1, 0.15) is 5.82 Å². The van der Waals surface area contributed by atoms with Crippen molar-refractivity contribution in [3.8, 4) is 0 Å². The molecule has 0 saturated carbocycles. The van der Waals surface area contributed by atoms with Crippen LogP contribution in [0.25, 0.3) is 10.9 Å². The maximum Gasteiger partial charge on any atom is 0.123 e. The molecule has 0 fully saturated rings. The summed E-state index contributed by atoms with van der Waals surface area (Å²) in [6.07, 6.45) is 3.88. The van der Waals surface area contributed by atoms with Gasteiger partial charge in [0.2, 0.25) is 0 Å². The van der Waals surface area contributed by atoms with Crippen LogP contribution >= 0.6 is 0 Å². The Morgan fingerprint density at radius 1 is 1.36 bits per heavy atom. The number of benzene rings is 1. The lowest BCUT2D eigenvalue weighted by Crippen LogP contribution is -2.32. The van der Waals surface area contributed by atoms with Crippen molar-refractivity contribution in [1.29, 1.82) is 0 Å². The van der Waals surface area contributed by atoms with Gasteiger partial charge in [-0.15, -0.1) is 0 Å². The number of hydrogen-bond donors (Lipinski definition) is 2. The van der Waals surface area contributed by atoms with Crippen molar-refractivity contribution < 1.29 is 4.39 Å². The second-order valence-corrected chi connectivity index (χ2v) is 6.07. The van der Waals surface area contributed by atoms with E-state index in [1.807, 2.05) is 12.3 Å². The number of rotatable bonds is 3. The molecule has 0 spiro atoms. The summed E-state index contributed by atoms with van der Waals surface area (Å²) in [4.78, 5) is 5.79. The van der Waals surface area contributed by atoms with Gasteiger partial charge in [-0.1, -0.05) is 0 Å². The molecule has 0 aliphatic carbocycles. The summed E-state index contributed by atoms with van der Waals surface area (Å²) in [5.41, 5.74) is 5.95. The number of hydrogen-bond acceptors (Lipinski definition) is 2. The molecule has 1 aromatic carbocycles. The van der Waals surface area contributed by atoms with Gasteiger partial charge < -0.3 is 4.98 Å². The molecular weight excluding hydrogens is 279 g/mol. The topological polar surface area (TPSA) is 47.7 Å². The summed E-state index contributed by atoms with van der Waals surface area (Å²) in [7, 11) is 0. The van der Waals surface area contributed by atoms with Crippen LogP contribution in [0.15, 0.2) is 24.4 Å². The largest absolute Gasteiger partial charge is 0.358 e. The Morgan fingerprint density at radius 2 is 2.27 bits per heavy atom. The van der Waals surface area contributed by atoms with Crippen LogP contribution in [0.4, 0.5) is 4.39 Å². The van der Waals surface area contributed by atoms with Gasteiger partial charge in [0.15, 0.2) is 0 Å². The highest BCUT2D eigenvalue weighted by Crippen LogP contribution is 2.24. The van der Waals surface area contributed by atoms with Gasteiger partial charge in [0, 0.05) is 53.9 Å². The molecule has 0 atom stereocenters. The van der Waals surface area contributed by atoms with Crippen LogP contribution < -0.4 is 0 Å². The average molecular weight is 298 g/mol. The molecule has 1 aliphatic rings. The number of H-pyrrole nitrogens is 2. The van der Waals surface area contributed by atoms with Crippen LogP contribution in [0.5, 0.6) is 0 Å². The smallest absolute Gasteiger partial charge is 0.123 e. The lowest BCUT2D eigenvalue weighted by molar-refractivity contribution is 0.256. The Bertz CT molecular complexity index is 817. The highest BCUT2D eigenvalue weighted by atomic mass is 19.1. The molecule has 0 bridgehead atoms. The van der Waals surface area contributed by atoms with Crippen molar-refractivity contribution in [3.05, 3.63) is 52.7 Å². The SMILES string of the molecule is Cc1[nH]c2ccc(F)cc2c1CCN1CCc2[nH]ncc2C1. The first-order valence-electron chi connectivity index (χ1n) is 7.71. The maximum absolute atomic E-state index is 13.5. The van der Waals surface area contributed by atoms with Crippen molar-refractivity contribution in [2.24, 2.45) is 0 Å². The summed E-state index contributed by atoms with van der Waals surface area (Å²) < 4.78 is 13.5. The second-order valence-electron chi connectivity index (χ2n) is 6.07. The lowest BCUT2D eigenvalue weighted by Gasteiger charge is -2.26. The van der Waals surface area contributed by atoms with E-state index < -0.39 is 0 Å². The Kier molecular flexibility index (Phi) is 3.22. The second kappa shape index (κ2) is 5.25. The van der Waals surface area contributed by atoms with Crippen LogP contribution in [0, 0.1) is 12.7 Å². The first kappa shape index (κ1) is 13.5. The molecule has 4 rings (SSSR count). The third-order valence-corrected chi connectivity index (χ3v) is 4.64. The number of aromatic nitrogens is 3. The predicted octanol–water partition coefficient (Wildman–Crippen LogP) is 2.94. The van der Waals surface area contributed by atoms with Gasteiger partial charge in [0.25, 0.3) is 0 Å². The third-order valence-electron chi connectivity index (χ3n) is 4.64. The van der Waals surface area contributed by atoms with Gasteiger partial charge in [-0.3, -0.25) is 10.00 Å². The Morgan fingerprint density at radius 3 is 3.18 bits per heavy atom.